The molecule has 5 nitrogen and oxygen atoms in total. The van der Waals surface area contributed by atoms with E-state index in [0.29, 0.717) is 5.56 Å². The summed E-state index contributed by atoms with van der Waals surface area (Å²) in [5.74, 6) is 0. The summed E-state index contributed by atoms with van der Waals surface area (Å²) >= 11 is 0. The summed E-state index contributed by atoms with van der Waals surface area (Å²) in [5.41, 5.74) is 2.52. The van der Waals surface area contributed by atoms with Crippen LogP contribution in [-0.2, 0) is 17.8 Å². The zero-order valence-corrected chi connectivity index (χ0v) is 13.7. The monoisotopic (exact) mass is 329 g/mol. The van der Waals surface area contributed by atoms with E-state index in [0.717, 1.165) is 17.5 Å². The molecule has 0 bridgehead atoms. The molecule has 0 spiro atoms. The van der Waals surface area contributed by atoms with Crippen LogP contribution in [0.15, 0.2) is 54.6 Å². The summed E-state index contributed by atoms with van der Waals surface area (Å²) in [6.45, 7) is 2.05. The molecule has 0 fully saturated rings. The Labute approximate surface area is 141 Å². The lowest BCUT2D eigenvalue weighted by Crippen LogP contribution is -2.36. The number of hydrogen-bond donors (Lipinski definition) is 3. The molecule has 1 amide bonds. The fourth-order valence-electron chi connectivity index (χ4n) is 2.43. The highest BCUT2D eigenvalue weighted by Gasteiger charge is 2.21. The Morgan fingerprint density at radius 3 is 2.46 bits per heavy atom. The van der Waals surface area contributed by atoms with E-state index < -0.39 is 18.3 Å². The number of aliphatic hydroxyl groups excluding tert-OH is 2. The normalized spacial score (nSPS) is 13.1. The lowest BCUT2D eigenvalue weighted by molar-refractivity contribution is 0.0179. The van der Waals surface area contributed by atoms with Crippen LogP contribution < -0.4 is 5.32 Å². The first-order chi connectivity index (χ1) is 11.6. The third-order valence-electron chi connectivity index (χ3n) is 3.79. The van der Waals surface area contributed by atoms with Crippen molar-refractivity contribution in [1.82, 2.24) is 5.32 Å². The van der Waals surface area contributed by atoms with Crippen LogP contribution in [0.1, 0.15) is 29.7 Å². The molecule has 128 valence electrons. The van der Waals surface area contributed by atoms with Crippen LogP contribution in [0, 0.1) is 0 Å². The van der Waals surface area contributed by atoms with E-state index in [4.69, 9.17) is 4.74 Å². The minimum absolute atomic E-state index is 0.0904. The second kappa shape index (κ2) is 9.05. The van der Waals surface area contributed by atoms with Crippen LogP contribution in [0.2, 0.25) is 0 Å². The van der Waals surface area contributed by atoms with E-state index in [1.165, 1.54) is 0 Å². The highest BCUT2D eigenvalue weighted by atomic mass is 16.5. The predicted octanol–water partition coefficient (Wildman–Crippen LogP) is 2.57. The molecule has 2 aromatic carbocycles. The zero-order chi connectivity index (χ0) is 17.4. The molecule has 0 aliphatic heterocycles. The molecular formula is C19H23NO4. The van der Waals surface area contributed by atoms with Gasteiger partial charge >= 0.3 is 6.09 Å². The lowest BCUT2D eigenvalue weighted by Gasteiger charge is -2.20. The fraction of sp³-hybridized carbons (Fsp3) is 0.316. The van der Waals surface area contributed by atoms with Gasteiger partial charge in [0.05, 0.1) is 0 Å². The number of amides is 1. The van der Waals surface area contributed by atoms with E-state index in [1.807, 2.05) is 55.5 Å². The van der Waals surface area contributed by atoms with Gasteiger partial charge in [0.15, 0.2) is 0 Å². The van der Waals surface area contributed by atoms with Crippen LogP contribution >= 0.6 is 0 Å². The Hall–Kier alpha value is -2.37. The standard InChI is InChI=1S/C19H23NO4/c1-2-15-10-6-7-11-16(15)18(22)17(21)12-20-19(23)24-13-14-8-4-3-5-9-14/h3-11,17-18,21-22H,2,12-13H2,1H3,(H,20,23). The van der Waals surface area contributed by atoms with E-state index >= 15 is 0 Å². The maximum atomic E-state index is 11.7. The molecule has 3 N–H and O–H groups in total. The summed E-state index contributed by atoms with van der Waals surface area (Å²) in [5, 5.41) is 22.9. The number of carbonyl (C=O) groups is 1. The van der Waals surface area contributed by atoms with E-state index in [1.54, 1.807) is 6.07 Å². The topological polar surface area (TPSA) is 78.8 Å². The molecule has 0 radical (unpaired) electrons. The molecule has 2 rings (SSSR count). The molecule has 2 atom stereocenters. The number of aliphatic hydroxyl groups is 2. The van der Waals surface area contributed by atoms with E-state index in [-0.39, 0.29) is 13.2 Å². The Kier molecular flexibility index (Phi) is 6.78. The van der Waals surface area contributed by atoms with Gasteiger partial charge in [0.1, 0.15) is 18.8 Å². The molecular weight excluding hydrogens is 306 g/mol. The Balaban J connectivity index is 1.81. The minimum atomic E-state index is -1.11. The molecule has 0 aromatic heterocycles. The van der Waals surface area contributed by atoms with Gasteiger partial charge in [-0.25, -0.2) is 4.79 Å². The number of nitrogens with one attached hydrogen (secondary N) is 1. The Morgan fingerprint density at radius 2 is 1.75 bits per heavy atom. The highest BCUT2D eigenvalue weighted by Crippen LogP contribution is 2.21. The minimum Gasteiger partial charge on any atom is -0.445 e. The van der Waals surface area contributed by atoms with Crippen molar-refractivity contribution in [2.75, 3.05) is 6.54 Å². The van der Waals surface area contributed by atoms with Crippen molar-refractivity contribution in [1.29, 1.82) is 0 Å². The average molecular weight is 329 g/mol. The van der Waals surface area contributed by atoms with Crippen molar-refractivity contribution < 1.29 is 19.7 Å². The molecule has 2 unspecified atom stereocenters. The quantitative estimate of drug-likeness (QED) is 0.729. The first kappa shape index (κ1) is 18.0. The van der Waals surface area contributed by atoms with Crippen LogP contribution in [0.4, 0.5) is 4.79 Å². The van der Waals surface area contributed by atoms with Crippen molar-refractivity contribution in [2.24, 2.45) is 0 Å². The van der Waals surface area contributed by atoms with Gasteiger partial charge in [-0.2, -0.15) is 0 Å². The average Bonchev–Trinajstić information content (AvgIpc) is 2.64. The molecule has 0 aliphatic carbocycles. The lowest BCUT2D eigenvalue weighted by atomic mass is 9.97. The smallest absolute Gasteiger partial charge is 0.407 e. The van der Waals surface area contributed by atoms with E-state index in [2.05, 4.69) is 5.32 Å². The van der Waals surface area contributed by atoms with Gasteiger partial charge in [-0.1, -0.05) is 61.5 Å². The molecule has 0 aliphatic rings. The van der Waals surface area contributed by atoms with Crippen LogP contribution in [0.5, 0.6) is 0 Å². The maximum absolute atomic E-state index is 11.7. The van der Waals surface area contributed by atoms with Crippen molar-refractivity contribution in [3.63, 3.8) is 0 Å². The summed E-state index contributed by atoms with van der Waals surface area (Å²) < 4.78 is 5.07. The predicted molar refractivity (Wildman–Crippen MR) is 91.4 cm³/mol. The van der Waals surface area contributed by atoms with Gasteiger partial charge in [-0.3, -0.25) is 0 Å². The number of hydrogen-bond acceptors (Lipinski definition) is 4. The Morgan fingerprint density at radius 1 is 1.08 bits per heavy atom. The molecule has 2 aromatic rings. The number of benzene rings is 2. The number of aryl methyl sites for hydroxylation is 1. The second-order valence-corrected chi connectivity index (χ2v) is 5.51. The third-order valence-corrected chi connectivity index (χ3v) is 3.79. The molecule has 5 heteroatoms. The summed E-state index contributed by atoms with van der Waals surface area (Å²) in [7, 11) is 0. The molecule has 0 saturated carbocycles. The maximum Gasteiger partial charge on any atom is 0.407 e. The SMILES string of the molecule is CCc1ccccc1C(O)C(O)CNC(=O)OCc1ccccc1. The van der Waals surface area contributed by atoms with Gasteiger partial charge in [-0.05, 0) is 23.1 Å². The Bertz CT molecular complexity index is 645. The third kappa shape index (κ3) is 5.08. The first-order valence-corrected chi connectivity index (χ1v) is 8.00. The number of rotatable bonds is 7. The fourth-order valence-corrected chi connectivity index (χ4v) is 2.43. The summed E-state index contributed by atoms with van der Waals surface area (Å²) in [4.78, 5) is 11.7. The van der Waals surface area contributed by atoms with Crippen molar-refractivity contribution in [2.45, 2.75) is 32.2 Å². The zero-order valence-electron chi connectivity index (χ0n) is 13.7. The largest absolute Gasteiger partial charge is 0.445 e. The van der Waals surface area contributed by atoms with Gasteiger partial charge in [0.25, 0.3) is 0 Å². The molecule has 24 heavy (non-hydrogen) atoms. The summed E-state index contributed by atoms with van der Waals surface area (Å²) in [6, 6.07) is 16.7. The number of ether oxygens (including phenoxy) is 1. The van der Waals surface area contributed by atoms with Gasteiger partial charge in [0.2, 0.25) is 0 Å². The second-order valence-electron chi connectivity index (χ2n) is 5.51. The van der Waals surface area contributed by atoms with E-state index in [9.17, 15) is 15.0 Å². The number of carbonyl (C=O) groups excluding carboxylic acids is 1. The van der Waals surface area contributed by atoms with Crippen LogP contribution in [0.25, 0.3) is 0 Å². The van der Waals surface area contributed by atoms with Gasteiger partial charge in [-0.15, -0.1) is 0 Å². The van der Waals surface area contributed by atoms with Gasteiger partial charge in [0, 0.05) is 6.54 Å². The van der Waals surface area contributed by atoms with Crippen molar-refractivity contribution in [3.05, 3.63) is 71.3 Å². The van der Waals surface area contributed by atoms with Crippen molar-refractivity contribution in [3.8, 4) is 0 Å². The molecule has 0 saturated heterocycles. The van der Waals surface area contributed by atoms with Crippen molar-refractivity contribution >= 4 is 6.09 Å². The summed E-state index contributed by atoms with van der Waals surface area (Å²) in [6.07, 6.45) is -2.04. The number of alkyl carbamates (subject to hydrolysis) is 1. The highest BCUT2D eigenvalue weighted by molar-refractivity contribution is 5.67. The van der Waals surface area contributed by atoms with Gasteiger partial charge < -0.3 is 20.3 Å². The van der Waals surface area contributed by atoms with Crippen LogP contribution in [0.3, 0.4) is 0 Å². The first-order valence-electron chi connectivity index (χ1n) is 8.00. The molecule has 0 heterocycles. The van der Waals surface area contributed by atoms with Crippen LogP contribution in [-0.4, -0.2) is 29.0 Å².